The molecule has 2 aromatic carbocycles. The molecule has 158 valence electrons. The fourth-order valence-electron chi connectivity index (χ4n) is 3.84. The number of carbonyl (C=O) groups excluding carboxylic acids is 1. The topological polar surface area (TPSA) is 80.0 Å². The second-order valence-corrected chi connectivity index (χ2v) is 8.70. The van der Waals surface area contributed by atoms with E-state index in [1.165, 1.54) is 17.8 Å². The van der Waals surface area contributed by atoms with E-state index in [0.717, 1.165) is 24.5 Å². The van der Waals surface area contributed by atoms with Gasteiger partial charge in [-0.3, -0.25) is 9.79 Å². The largest absolute Gasteiger partial charge is 0.379 e. The summed E-state index contributed by atoms with van der Waals surface area (Å²) in [6.45, 7) is 4.62. The van der Waals surface area contributed by atoms with Crippen LogP contribution < -0.4 is 16.0 Å². The van der Waals surface area contributed by atoms with Crippen LogP contribution >= 0.6 is 11.8 Å². The van der Waals surface area contributed by atoms with Crippen molar-refractivity contribution in [3.63, 3.8) is 0 Å². The summed E-state index contributed by atoms with van der Waals surface area (Å²) in [5, 5.41) is 3.38. The number of thioether (sulfide) groups is 1. The molecular weight excluding hydrogens is 403 g/mol. The third-order valence-electron chi connectivity index (χ3n) is 5.50. The number of nitrogens with one attached hydrogen (secondary N) is 1. The number of morpholine rings is 1. The lowest BCUT2D eigenvalue weighted by molar-refractivity contribution is 0.102. The molecule has 2 heterocycles. The second-order valence-electron chi connectivity index (χ2n) is 7.59. The average molecular weight is 429 g/mol. The maximum Gasteiger partial charge on any atom is 0.257 e. The van der Waals surface area contributed by atoms with Crippen molar-refractivity contribution in [1.82, 2.24) is 0 Å². The van der Waals surface area contributed by atoms with Crippen LogP contribution in [0.5, 0.6) is 0 Å². The Kier molecular flexibility index (Phi) is 5.97. The number of benzene rings is 2. The van der Waals surface area contributed by atoms with Crippen LogP contribution in [0.2, 0.25) is 0 Å². The molecule has 8 heteroatoms. The molecule has 6 nitrogen and oxygen atoms in total. The molecule has 0 saturated carbocycles. The van der Waals surface area contributed by atoms with Crippen LogP contribution in [-0.2, 0) is 10.3 Å². The van der Waals surface area contributed by atoms with Gasteiger partial charge in [0.1, 0.15) is 5.82 Å². The number of hydrogen-bond donors (Lipinski definition) is 2. The van der Waals surface area contributed by atoms with Crippen molar-refractivity contribution in [2.75, 3.05) is 42.3 Å². The number of nitrogens with zero attached hydrogens (tertiary/aromatic N) is 2. The maximum absolute atomic E-state index is 14.6. The van der Waals surface area contributed by atoms with E-state index in [4.69, 9.17) is 10.5 Å². The quantitative estimate of drug-likeness (QED) is 0.778. The van der Waals surface area contributed by atoms with E-state index < -0.39 is 5.54 Å². The summed E-state index contributed by atoms with van der Waals surface area (Å²) in [4.78, 5) is 19.7. The first-order chi connectivity index (χ1) is 14.5. The third-order valence-corrected chi connectivity index (χ3v) is 6.30. The van der Waals surface area contributed by atoms with Gasteiger partial charge in [0, 0.05) is 35.8 Å². The zero-order valence-corrected chi connectivity index (χ0v) is 17.7. The van der Waals surface area contributed by atoms with Crippen molar-refractivity contribution in [3.8, 4) is 0 Å². The van der Waals surface area contributed by atoms with Crippen LogP contribution in [0.25, 0.3) is 0 Å². The molecule has 2 aliphatic rings. The predicted octanol–water partition coefficient (Wildman–Crippen LogP) is 3.58. The van der Waals surface area contributed by atoms with Gasteiger partial charge in [-0.2, -0.15) is 0 Å². The second kappa shape index (κ2) is 8.65. The summed E-state index contributed by atoms with van der Waals surface area (Å²) < 4.78 is 20.1. The molecule has 0 radical (unpaired) electrons. The standard InChI is InChI=1S/C22H25FN4O2S/c1-22(8-13-30-21(24)26-22)17-14-15(6-7-18(17)23)25-20(28)16-4-2-3-5-19(16)27-9-11-29-12-10-27/h2-7,14H,8-13H2,1H3,(H2,24,26)(H,25,28). The number of carbonyl (C=O) groups is 1. The molecule has 4 rings (SSSR count). The van der Waals surface area contributed by atoms with Crippen LogP contribution in [0, 0.1) is 5.82 Å². The summed E-state index contributed by atoms with van der Waals surface area (Å²) in [7, 11) is 0. The third kappa shape index (κ3) is 4.29. The highest BCUT2D eigenvalue weighted by molar-refractivity contribution is 8.13. The Hall–Kier alpha value is -2.58. The van der Waals surface area contributed by atoms with Gasteiger partial charge in [-0.05, 0) is 43.7 Å². The molecule has 0 aliphatic carbocycles. The average Bonchev–Trinajstić information content (AvgIpc) is 2.75. The Balaban J connectivity index is 1.60. The van der Waals surface area contributed by atoms with Gasteiger partial charge in [0.05, 0.1) is 24.3 Å². The van der Waals surface area contributed by atoms with Gasteiger partial charge in [-0.1, -0.05) is 23.9 Å². The molecule has 1 unspecified atom stereocenters. The summed E-state index contributed by atoms with van der Waals surface area (Å²) in [5.41, 5.74) is 7.55. The summed E-state index contributed by atoms with van der Waals surface area (Å²) in [6.07, 6.45) is 0.673. The smallest absolute Gasteiger partial charge is 0.257 e. The highest BCUT2D eigenvalue weighted by Crippen LogP contribution is 2.37. The van der Waals surface area contributed by atoms with Gasteiger partial charge in [0.25, 0.3) is 5.91 Å². The normalized spacial score (nSPS) is 21.8. The highest BCUT2D eigenvalue weighted by Gasteiger charge is 2.32. The van der Waals surface area contributed by atoms with Gasteiger partial charge in [0.15, 0.2) is 5.17 Å². The molecule has 0 aromatic heterocycles. The summed E-state index contributed by atoms with van der Waals surface area (Å²) in [6, 6.07) is 12.1. The van der Waals surface area contributed by atoms with Crippen LogP contribution in [0.1, 0.15) is 29.3 Å². The Morgan fingerprint density at radius 3 is 2.80 bits per heavy atom. The number of nitrogens with two attached hydrogens (primary N) is 1. The fraction of sp³-hybridized carbons (Fsp3) is 0.364. The first-order valence-corrected chi connectivity index (χ1v) is 11.0. The van der Waals surface area contributed by atoms with Crippen molar-refractivity contribution in [2.45, 2.75) is 18.9 Å². The Morgan fingerprint density at radius 2 is 2.03 bits per heavy atom. The lowest BCUT2D eigenvalue weighted by atomic mass is 9.89. The number of aliphatic imine (C=N–C) groups is 1. The minimum Gasteiger partial charge on any atom is -0.379 e. The summed E-state index contributed by atoms with van der Waals surface area (Å²) in [5.74, 6) is 0.184. The van der Waals surface area contributed by atoms with Crippen molar-refractivity contribution in [2.24, 2.45) is 10.7 Å². The first kappa shape index (κ1) is 20.7. The Morgan fingerprint density at radius 1 is 1.27 bits per heavy atom. The van der Waals surface area contributed by atoms with E-state index in [2.05, 4.69) is 15.2 Å². The maximum atomic E-state index is 14.6. The molecule has 0 bridgehead atoms. The van der Waals surface area contributed by atoms with Gasteiger partial charge in [0.2, 0.25) is 0 Å². The van der Waals surface area contributed by atoms with E-state index in [1.807, 2.05) is 25.1 Å². The van der Waals surface area contributed by atoms with Crippen molar-refractivity contribution < 1.29 is 13.9 Å². The van der Waals surface area contributed by atoms with Gasteiger partial charge >= 0.3 is 0 Å². The molecule has 2 aliphatic heterocycles. The molecule has 1 saturated heterocycles. The molecule has 0 spiro atoms. The van der Waals surface area contributed by atoms with E-state index in [-0.39, 0.29) is 11.7 Å². The number of hydrogen-bond acceptors (Lipinski definition) is 6. The minimum atomic E-state index is -0.744. The zero-order valence-electron chi connectivity index (χ0n) is 16.9. The number of rotatable bonds is 4. The number of para-hydroxylation sites is 1. The van der Waals surface area contributed by atoms with Crippen LogP contribution in [0.15, 0.2) is 47.5 Å². The Bertz CT molecular complexity index is 977. The predicted molar refractivity (Wildman–Crippen MR) is 120 cm³/mol. The molecule has 2 aromatic rings. The molecule has 1 amide bonds. The molecule has 30 heavy (non-hydrogen) atoms. The van der Waals surface area contributed by atoms with E-state index >= 15 is 0 Å². The van der Waals surface area contributed by atoms with Crippen molar-refractivity contribution in [1.29, 1.82) is 0 Å². The SMILES string of the molecule is CC1(c2cc(NC(=O)c3ccccc3N3CCOCC3)ccc2F)CCSC(N)=N1. The molecular formula is C22H25FN4O2S. The van der Waals surface area contributed by atoms with Crippen LogP contribution in [-0.4, -0.2) is 43.1 Å². The van der Waals surface area contributed by atoms with Gasteiger partial charge in [-0.25, -0.2) is 4.39 Å². The van der Waals surface area contributed by atoms with Gasteiger partial charge in [-0.15, -0.1) is 0 Å². The lowest BCUT2D eigenvalue weighted by Gasteiger charge is -2.31. The monoisotopic (exact) mass is 428 g/mol. The Labute approximate surface area is 179 Å². The van der Waals surface area contributed by atoms with E-state index in [0.29, 0.717) is 41.6 Å². The van der Waals surface area contributed by atoms with Crippen LogP contribution in [0.4, 0.5) is 15.8 Å². The highest BCUT2D eigenvalue weighted by atomic mass is 32.2. The summed E-state index contributed by atoms with van der Waals surface area (Å²) >= 11 is 1.47. The number of halogens is 1. The zero-order chi connectivity index (χ0) is 21.1. The lowest BCUT2D eigenvalue weighted by Crippen LogP contribution is -2.37. The molecule has 3 N–H and O–H groups in total. The van der Waals surface area contributed by atoms with Crippen molar-refractivity contribution in [3.05, 3.63) is 59.4 Å². The first-order valence-electron chi connectivity index (χ1n) is 9.97. The van der Waals surface area contributed by atoms with Gasteiger partial charge < -0.3 is 20.7 Å². The number of amidine groups is 1. The number of amides is 1. The van der Waals surface area contributed by atoms with E-state index in [1.54, 1.807) is 18.2 Å². The van der Waals surface area contributed by atoms with Crippen LogP contribution in [0.3, 0.4) is 0 Å². The molecule has 1 atom stereocenters. The number of ether oxygens (including phenoxy) is 1. The number of anilines is 2. The van der Waals surface area contributed by atoms with E-state index in [9.17, 15) is 9.18 Å². The molecule has 1 fully saturated rings. The minimum absolute atomic E-state index is 0.234. The van der Waals surface area contributed by atoms with Crippen molar-refractivity contribution >= 4 is 34.2 Å². The fourth-order valence-corrected chi connectivity index (χ4v) is 4.82.